The summed E-state index contributed by atoms with van der Waals surface area (Å²) in [6.07, 6.45) is 1.53. The second kappa shape index (κ2) is 10.6. The van der Waals surface area contributed by atoms with Crippen molar-refractivity contribution >= 4 is 23.9 Å². The number of aryl methyl sites for hydroxylation is 1. The summed E-state index contributed by atoms with van der Waals surface area (Å²) in [6, 6.07) is 13.5. The second-order valence-corrected chi connectivity index (χ2v) is 7.55. The van der Waals surface area contributed by atoms with Crippen LogP contribution < -0.4 is 14.9 Å². The summed E-state index contributed by atoms with van der Waals surface area (Å²) in [4.78, 5) is 12.2. The molecule has 8 nitrogen and oxygen atoms in total. The van der Waals surface area contributed by atoms with E-state index in [1.54, 1.807) is 32.4 Å². The molecule has 0 aliphatic carbocycles. The Labute approximate surface area is 185 Å². The summed E-state index contributed by atoms with van der Waals surface area (Å²) >= 11 is 1.32. The number of benzene rings is 2. The van der Waals surface area contributed by atoms with Gasteiger partial charge in [-0.1, -0.05) is 41.6 Å². The molecule has 3 rings (SSSR count). The molecular formula is C22H25N5O3S. The monoisotopic (exact) mass is 439 g/mol. The van der Waals surface area contributed by atoms with E-state index in [0.717, 1.165) is 17.0 Å². The van der Waals surface area contributed by atoms with E-state index in [0.29, 0.717) is 23.2 Å². The summed E-state index contributed by atoms with van der Waals surface area (Å²) < 4.78 is 12.5. The third kappa shape index (κ3) is 5.64. The molecule has 3 aromatic rings. The van der Waals surface area contributed by atoms with Gasteiger partial charge in [0, 0.05) is 23.7 Å². The average Bonchev–Trinajstić information content (AvgIpc) is 3.21. The molecule has 0 aliphatic heterocycles. The average molecular weight is 440 g/mol. The number of hydrazone groups is 1. The van der Waals surface area contributed by atoms with Gasteiger partial charge in [-0.15, -0.1) is 10.2 Å². The zero-order valence-electron chi connectivity index (χ0n) is 18.0. The van der Waals surface area contributed by atoms with Gasteiger partial charge in [-0.25, -0.2) is 5.43 Å². The van der Waals surface area contributed by atoms with Crippen molar-refractivity contribution in [2.45, 2.75) is 25.5 Å². The van der Waals surface area contributed by atoms with E-state index in [2.05, 4.69) is 20.7 Å². The van der Waals surface area contributed by atoms with Gasteiger partial charge in [0.2, 0.25) is 0 Å². The van der Waals surface area contributed by atoms with Crippen LogP contribution in [-0.4, -0.2) is 46.9 Å². The summed E-state index contributed by atoms with van der Waals surface area (Å²) in [5.74, 6) is 2.00. The highest BCUT2D eigenvalue weighted by Crippen LogP contribution is 2.25. The summed E-state index contributed by atoms with van der Waals surface area (Å²) in [6.45, 7) is 4.77. The molecule has 2 aromatic carbocycles. The van der Waals surface area contributed by atoms with Gasteiger partial charge < -0.3 is 14.0 Å². The van der Waals surface area contributed by atoms with Crippen LogP contribution in [0.25, 0.3) is 11.4 Å². The molecule has 162 valence electrons. The van der Waals surface area contributed by atoms with Gasteiger partial charge in [0.05, 0.1) is 26.2 Å². The number of hydrogen-bond donors (Lipinski definition) is 1. The normalized spacial score (nSPS) is 11.0. The Bertz CT molecular complexity index is 1060. The molecule has 0 bridgehead atoms. The van der Waals surface area contributed by atoms with E-state index in [-0.39, 0.29) is 11.7 Å². The highest BCUT2D eigenvalue weighted by atomic mass is 32.2. The van der Waals surface area contributed by atoms with E-state index < -0.39 is 0 Å². The number of amides is 1. The Kier molecular flexibility index (Phi) is 7.66. The molecule has 31 heavy (non-hydrogen) atoms. The number of rotatable bonds is 9. The number of hydrogen-bond acceptors (Lipinski definition) is 7. The number of thioether (sulfide) groups is 1. The Balaban J connectivity index is 1.60. The topological polar surface area (TPSA) is 90.6 Å². The van der Waals surface area contributed by atoms with Crippen molar-refractivity contribution in [2.24, 2.45) is 5.10 Å². The van der Waals surface area contributed by atoms with Crippen LogP contribution in [0.3, 0.4) is 0 Å². The fourth-order valence-corrected chi connectivity index (χ4v) is 3.65. The largest absolute Gasteiger partial charge is 0.497 e. The number of methoxy groups -OCH3 is 2. The maximum atomic E-state index is 12.2. The van der Waals surface area contributed by atoms with Gasteiger partial charge in [0.1, 0.15) is 11.5 Å². The molecule has 0 radical (unpaired) electrons. The lowest BCUT2D eigenvalue weighted by molar-refractivity contribution is -0.118. The minimum Gasteiger partial charge on any atom is -0.497 e. The van der Waals surface area contributed by atoms with Crippen molar-refractivity contribution in [3.63, 3.8) is 0 Å². The molecule has 1 amide bonds. The van der Waals surface area contributed by atoms with E-state index in [1.807, 2.05) is 42.7 Å². The first-order valence-corrected chi connectivity index (χ1v) is 10.7. The van der Waals surface area contributed by atoms with Crippen LogP contribution in [0.1, 0.15) is 18.1 Å². The lowest BCUT2D eigenvalue weighted by Crippen LogP contribution is -2.20. The predicted molar refractivity (Wildman–Crippen MR) is 122 cm³/mol. The fraction of sp³-hybridized carbons (Fsp3) is 0.273. The number of ether oxygens (including phenoxy) is 2. The first kappa shape index (κ1) is 22.4. The van der Waals surface area contributed by atoms with Gasteiger partial charge in [0.15, 0.2) is 11.0 Å². The number of carbonyl (C=O) groups excluding carboxylic acids is 1. The lowest BCUT2D eigenvalue weighted by Gasteiger charge is -2.08. The standard InChI is InChI=1S/C22H25N5O3S/c1-5-27-21(16-8-6-15(2)7-9-16)25-26-22(27)31-14-20(28)24-23-13-17-10-11-18(29-3)12-19(17)30-4/h6-13H,5,14H2,1-4H3,(H,24,28)/b23-13+. The van der Waals surface area contributed by atoms with Crippen molar-refractivity contribution in [3.8, 4) is 22.9 Å². The fourth-order valence-electron chi connectivity index (χ4n) is 2.86. The zero-order valence-corrected chi connectivity index (χ0v) is 18.8. The molecule has 0 aliphatic rings. The second-order valence-electron chi connectivity index (χ2n) is 6.61. The van der Waals surface area contributed by atoms with E-state index in [1.165, 1.54) is 23.5 Å². The Morgan fingerprint density at radius 1 is 1.16 bits per heavy atom. The number of carbonyl (C=O) groups is 1. The Morgan fingerprint density at radius 2 is 1.94 bits per heavy atom. The highest BCUT2D eigenvalue weighted by molar-refractivity contribution is 7.99. The van der Waals surface area contributed by atoms with Gasteiger partial charge in [0.25, 0.3) is 5.91 Å². The quantitative estimate of drug-likeness (QED) is 0.312. The molecule has 0 saturated carbocycles. The van der Waals surface area contributed by atoms with Crippen molar-refractivity contribution < 1.29 is 14.3 Å². The van der Waals surface area contributed by atoms with Gasteiger partial charge in [-0.3, -0.25) is 4.79 Å². The van der Waals surface area contributed by atoms with Crippen LogP contribution in [0.15, 0.2) is 52.7 Å². The minimum atomic E-state index is -0.240. The molecular weight excluding hydrogens is 414 g/mol. The first-order chi connectivity index (χ1) is 15.0. The predicted octanol–water partition coefficient (Wildman–Crippen LogP) is 3.53. The molecule has 9 heteroatoms. The van der Waals surface area contributed by atoms with Crippen LogP contribution in [0, 0.1) is 6.92 Å². The number of nitrogens with zero attached hydrogens (tertiary/aromatic N) is 4. The molecule has 0 atom stereocenters. The molecule has 0 saturated heterocycles. The van der Waals surface area contributed by atoms with E-state index >= 15 is 0 Å². The number of nitrogens with one attached hydrogen (secondary N) is 1. The van der Waals surface area contributed by atoms with Crippen molar-refractivity contribution in [2.75, 3.05) is 20.0 Å². The van der Waals surface area contributed by atoms with Gasteiger partial charge in [-0.05, 0) is 26.0 Å². The van der Waals surface area contributed by atoms with Crippen molar-refractivity contribution in [1.82, 2.24) is 20.2 Å². The van der Waals surface area contributed by atoms with Crippen molar-refractivity contribution in [1.29, 1.82) is 0 Å². The van der Waals surface area contributed by atoms with Crippen LogP contribution >= 0.6 is 11.8 Å². The SMILES string of the molecule is CCn1c(SCC(=O)N/N=C/c2ccc(OC)cc2OC)nnc1-c1ccc(C)cc1. The molecule has 0 fully saturated rings. The molecule has 1 aromatic heterocycles. The third-order valence-electron chi connectivity index (χ3n) is 4.51. The maximum absolute atomic E-state index is 12.2. The maximum Gasteiger partial charge on any atom is 0.250 e. The first-order valence-electron chi connectivity index (χ1n) is 9.72. The zero-order chi connectivity index (χ0) is 22.2. The van der Waals surface area contributed by atoms with Gasteiger partial charge >= 0.3 is 0 Å². The third-order valence-corrected chi connectivity index (χ3v) is 5.48. The van der Waals surface area contributed by atoms with Crippen molar-refractivity contribution in [3.05, 3.63) is 53.6 Å². The Hall–Kier alpha value is -3.33. The number of aromatic nitrogens is 3. The molecule has 0 spiro atoms. The Morgan fingerprint density at radius 3 is 2.61 bits per heavy atom. The molecule has 0 unspecified atom stereocenters. The van der Waals surface area contributed by atoms with E-state index in [4.69, 9.17) is 9.47 Å². The van der Waals surface area contributed by atoms with Crippen LogP contribution in [0.5, 0.6) is 11.5 Å². The molecule has 1 N–H and O–H groups in total. The van der Waals surface area contributed by atoms with Crippen LogP contribution in [0.4, 0.5) is 0 Å². The van der Waals surface area contributed by atoms with Crippen LogP contribution in [0.2, 0.25) is 0 Å². The summed E-state index contributed by atoms with van der Waals surface area (Å²) in [7, 11) is 3.15. The minimum absolute atomic E-state index is 0.170. The summed E-state index contributed by atoms with van der Waals surface area (Å²) in [5.41, 5.74) is 5.44. The van der Waals surface area contributed by atoms with Gasteiger partial charge in [-0.2, -0.15) is 5.10 Å². The smallest absolute Gasteiger partial charge is 0.250 e. The summed E-state index contributed by atoms with van der Waals surface area (Å²) in [5, 5.41) is 13.3. The van der Waals surface area contributed by atoms with Crippen LogP contribution in [-0.2, 0) is 11.3 Å². The molecule has 1 heterocycles. The van der Waals surface area contributed by atoms with E-state index in [9.17, 15) is 4.79 Å². The highest BCUT2D eigenvalue weighted by Gasteiger charge is 2.14. The lowest BCUT2D eigenvalue weighted by atomic mass is 10.1.